The van der Waals surface area contributed by atoms with Crippen molar-refractivity contribution < 1.29 is 9.53 Å². The molecule has 0 aliphatic heterocycles. The van der Waals surface area contributed by atoms with Crippen LogP contribution in [0.25, 0.3) is 0 Å². The van der Waals surface area contributed by atoms with Crippen LogP contribution in [0.15, 0.2) is 60.7 Å². The summed E-state index contributed by atoms with van der Waals surface area (Å²) in [6.45, 7) is 6.02. The normalized spacial score (nSPS) is 10.6. The molecule has 0 heterocycles. The lowest BCUT2D eigenvalue weighted by atomic mass is 9.93. The van der Waals surface area contributed by atoms with E-state index in [0.717, 1.165) is 27.7 Å². The summed E-state index contributed by atoms with van der Waals surface area (Å²) < 4.78 is 5.88. The first-order chi connectivity index (χ1) is 12.0. The molecule has 3 heteroatoms. The average Bonchev–Trinajstić information content (AvgIpc) is 2.56. The van der Waals surface area contributed by atoms with Gasteiger partial charge in [-0.15, -0.1) is 9.24 Å². The molecule has 1 atom stereocenters. The van der Waals surface area contributed by atoms with Gasteiger partial charge in [-0.3, -0.25) is 4.79 Å². The van der Waals surface area contributed by atoms with E-state index in [-0.39, 0.29) is 5.78 Å². The third kappa shape index (κ3) is 3.81. The third-order valence-corrected chi connectivity index (χ3v) is 4.66. The van der Waals surface area contributed by atoms with Gasteiger partial charge in [0.25, 0.3) is 0 Å². The molecular weight excluding hydrogens is 327 g/mol. The maximum Gasteiger partial charge on any atom is 0.194 e. The Bertz CT molecular complexity index is 907. The number of aryl methyl sites for hydroxylation is 3. The molecule has 3 aromatic carbocycles. The average molecular weight is 348 g/mol. The van der Waals surface area contributed by atoms with Crippen LogP contribution in [0.3, 0.4) is 0 Å². The van der Waals surface area contributed by atoms with Crippen LogP contribution in [-0.4, -0.2) is 5.78 Å². The Hall–Kier alpha value is -2.44. The fourth-order valence-corrected chi connectivity index (χ4v) is 3.40. The molecule has 0 N–H and O–H groups in total. The summed E-state index contributed by atoms with van der Waals surface area (Å²) in [6, 6.07) is 19.3. The van der Waals surface area contributed by atoms with Crippen LogP contribution in [0.2, 0.25) is 0 Å². The van der Waals surface area contributed by atoms with Gasteiger partial charge in [-0.25, -0.2) is 0 Å². The van der Waals surface area contributed by atoms with E-state index in [4.69, 9.17) is 4.74 Å². The number of ketones is 1. The van der Waals surface area contributed by atoms with Crippen molar-refractivity contribution >= 4 is 20.3 Å². The molecule has 0 bridgehead atoms. The van der Waals surface area contributed by atoms with Crippen molar-refractivity contribution in [2.24, 2.45) is 0 Å². The van der Waals surface area contributed by atoms with Crippen LogP contribution in [0.5, 0.6) is 11.5 Å². The number of para-hydroxylation sites is 1. The summed E-state index contributed by atoms with van der Waals surface area (Å²) >= 11 is 0. The van der Waals surface area contributed by atoms with E-state index in [1.165, 1.54) is 5.56 Å². The molecule has 1 unspecified atom stereocenters. The first-order valence-corrected chi connectivity index (χ1v) is 8.78. The highest BCUT2D eigenvalue weighted by atomic mass is 31.0. The third-order valence-electron chi connectivity index (χ3n) is 4.15. The highest BCUT2D eigenvalue weighted by Gasteiger charge is 2.18. The molecule has 126 valence electrons. The van der Waals surface area contributed by atoms with Crippen molar-refractivity contribution in [3.8, 4) is 11.5 Å². The van der Waals surface area contributed by atoms with Crippen LogP contribution >= 0.6 is 9.24 Å². The Balaban J connectivity index is 2.00. The van der Waals surface area contributed by atoms with Gasteiger partial charge in [0.2, 0.25) is 0 Å². The van der Waals surface area contributed by atoms with E-state index in [0.29, 0.717) is 11.3 Å². The summed E-state index contributed by atoms with van der Waals surface area (Å²) in [6.07, 6.45) is 0. The van der Waals surface area contributed by atoms with Crippen molar-refractivity contribution in [1.29, 1.82) is 0 Å². The van der Waals surface area contributed by atoms with E-state index >= 15 is 0 Å². The van der Waals surface area contributed by atoms with Gasteiger partial charge in [0, 0.05) is 11.1 Å². The van der Waals surface area contributed by atoms with Crippen LogP contribution in [0, 0.1) is 20.8 Å². The van der Waals surface area contributed by atoms with Crippen LogP contribution in [0.4, 0.5) is 0 Å². The number of carbonyl (C=O) groups is 1. The molecule has 0 amide bonds. The SMILES string of the molecule is Cc1cc(C)c(C(=O)c2cc(Oc3ccccc3)ccc2P)c(C)c1. The van der Waals surface area contributed by atoms with E-state index in [1.807, 2.05) is 81.4 Å². The summed E-state index contributed by atoms with van der Waals surface area (Å²) in [5.41, 5.74) is 4.58. The topological polar surface area (TPSA) is 26.3 Å². The summed E-state index contributed by atoms with van der Waals surface area (Å²) in [7, 11) is 2.64. The number of benzene rings is 3. The van der Waals surface area contributed by atoms with E-state index in [1.54, 1.807) is 0 Å². The number of ether oxygens (including phenoxy) is 1. The fraction of sp³-hybridized carbons (Fsp3) is 0.136. The zero-order valence-corrected chi connectivity index (χ0v) is 15.8. The zero-order valence-electron chi connectivity index (χ0n) is 14.7. The summed E-state index contributed by atoms with van der Waals surface area (Å²) in [5.74, 6) is 1.43. The molecule has 0 aromatic heterocycles. The van der Waals surface area contributed by atoms with Crippen molar-refractivity contribution in [2.75, 3.05) is 0 Å². The molecule has 2 nitrogen and oxygen atoms in total. The number of hydrogen-bond donors (Lipinski definition) is 0. The van der Waals surface area contributed by atoms with Crippen LogP contribution in [-0.2, 0) is 0 Å². The molecular formula is C22H21O2P. The largest absolute Gasteiger partial charge is 0.457 e. The molecule has 0 spiro atoms. The van der Waals surface area contributed by atoms with Crippen molar-refractivity contribution in [3.63, 3.8) is 0 Å². The second-order valence-corrected chi connectivity index (χ2v) is 6.89. The Morgan fingerprint density at radius 3 is 2.12 bits per heavy atom. The second kappa shape index (κ2) is 7.21. The predicted molar refractivity (Wildman–Crippen MR) is 106 cm³/mol. The zero-order chi connectivity index (χ0) is 18.0. The standard InChI is InChI=1S/C22H21O2P/c1-14-11-15(2)21(16(3)12-14)22(23)19-13-18(9-10-20(19)25)24-17-7-5-4-6-8-17/h4-13H,25H2,1-3H3. The molecule has 0 aliphatic carbocycles. The Morgan fingerprint density at radius 2 is 1.48 bits per heavy atom. The molecule has 0 saturated heterocycles. The minimum Gasteiger partial charge on any atom is -0.457 e. The first kappa shape index (κ1) is 17.4. The van der Waals surface area contributed by atoms with Gasteiger partial charge in [-0.05, 0) is 61.5 Å². The van der Waals surface area contributed by atoms with Crippen LogP contribution in [0.1, 0.15) is 32.6 Å². The maximum atomic E-state index is 13.2. The number of carbonyl (C=O) groups excluding carboxylic acids is 1. The van der Waals surface area contributed by atoms with Gasteiger partial charge in [0.15, 0.2) is 5.78 Å². The minimum absolute atomic E-state index is 0.0264. The predicted octanol–water partition coefficient (Wildman–Crippen LogP) is 5.14. The Kier molecular flexibility index (Phi) is 5.01. The van der Waals surface area contributed by atoms with Gasteiger partial charge in [-0.2, -0.15) is 0 Å². The van der Waals surface area contributed by atoms with E-state index < -0.39 is 0 Å². The number of hydrogen-bond acceptors (Lipinski definition) is 2. The maximum absolute atomic E-state index is 13.2. The quantitative estimate of drug-likeness (QED) is 0.482. The Labute approximate surface area is 151 Å². The first-order valence-electron chi connectivity index (χ1n) is 8.20. The molecule has 3 aromatic rings. The highest BCUT2D eigenvalue weighted by molar-refractivity contribution is 7.27. The van der Waals surface area contributed by atoms with Gasteiger partial charge < -0.3 is 4.74 Å². The van der Waals surface area contributed by atoms with Gasteiger partial charge in [0.1, 0.15) is 11.5 Å². The lowest BCUT2D eigenvalue weighted by molar-refractivity contribution is 0.103. The Morgan fingerprint density at radius 1 is 0.840 bits per heavy atom. The van der Waals surface area contributed by atoms with E-state index in [2.05, 4.69) is 9.24 Å². The molecule has 0 aliphatic rings. The monoisotopic (exact) mass is 348 g/mol. The smallest absolute Gasteiger partial charge is 0.194 e. The van der Waals surface area contributed by atoms with Crippen molar-refractivity contribution in [1.82, 2.24) is 0 Å². The minimum atomic E-state index is 0.0264. The fourth-order valence-electron chi connectivity index (χ4n) is 3.09. The molecule has 3 rings (SSSR count). The molecule has 0 saturated carbocycles. The van der Waals surface area contributed by atoms with Gasteiger partial charge >= 0.3 is 0 Å². The van der Waals surface area contributed by atoms with Crippen LogP contribution < -0.4 is 10.0 Å². The van der Waals surface area contributed by atoms with Gasteiger partial charge in [-0.1, -0.05) is 42.0 Å². The van der Waals surface area contributed by atoms with Crippen molar-refractivity contribution in [2.45, 2.75) is 20.8 Å². The summed E-state index contributed by atoms with van der Waals surface area (Å²) in [4.78, 5) is 13.2. The second-order valence-electron chi connectivity index (χ2n) is 6.27. The van der Waals surface area contributed by atoms with Gasteiger partial charge in [0.05, 0.1) is 0 Å². The molecule has 0 radical (unpaired) electrons. The lowest BCUT2D eigenvalue weighted by Gasteiger charge is -2.13. The highest BCUT2D eigenvalue weighted by Crippen LogP contribution is 2.25. The van der Waals surface area contributed by atoms with E-state index in [9.17, 15) is 4.79 Å². The summed E-state index contributed by atoms with van der Waals surface area (Å²) in [5, 5.41) is 0.866. The molecule has 25 heavy (non-hydrogen) atoms. The lowest BCUT2D eigenvalue weighted by Crippen LogP contribution is -2.14. The molecule has 0 fully saturated rings. The van der Waals surface area contributed by atoms with Crippen molar-refractivity contribution in [3.05, 3.63) is 88.5 Å². The number of rotatable bonds is 4.